The molecule has 0 rings (SSSR count). The Hall–Kier alpha value is -0.790. The fourth-order valence-corrected chi connectivity index (χ4v) is 1.52. The molecule has 0 fully saturated rings. The van der Waals surface area contributed by atoms with Gasteiger partial charge in [-0.15, -0.1) is 0 Å². The van der Waals surface area contributed by atoms with E-state index in [9.17, 15) is 4.79 Å². The van der Waals surface area contributed by atoms with Crippen molar-refractivity contribution in [3.05, 3.63) is 12.2 Å². The Kier molecular flexibility index (Phi) is 8.97. The van der Waals surface area contributed by atoms with Gasteiger partial charge in [0.2, 0.25) is 0 Å². The van der Waals surface area contributed by atoms with Gasteiger partial charge >= 0.3 is 5.97 Å². The average Bonchev–Trinajstić information content (AvgIpc) is 2.25. The number of rotatable bonds is 9. The van der Waals surface area contributed by atoms with Gasteiger partial charge in [0.25, 0.3) is 0 Å². The van der Waals surface area contributed by atoms with Gasteiger partial charge in [-0.25, -0.2) is 4.79 Å². The molecule has 2 nitrogen and oxygen atoms in total. The molecule has 0 aromatic rings. The van der Waals surface area contributed by atoms with Crippen molar-refractivity contribution in [2.45, 2.75) is 59.3 Å². The zero-order chi connectivity index (χ0) is 12.4. The van der Waals surface area contributed by atoms with Gasteiger partial charge < -0.3 is 4.74 Å². The summed E-state index contributed by atoms with van der Waals surface area (Å²) in [5.41, 5.74) is 0.482. The summed E-state index contributed by atoms with van der Waals surface area (Å²) in [4.78, 5) is 11.1. The van der Waals surface area contributed by atoms with Gasteiger partial charge in [-0.3, -0.25) is 0 Å². The molecule has 0 amide bonds. The minimum atomic E-state index is -0.266. The van der Waals surface area contributed by atoms with E-state index in [4.69, 9.17) is 4.74 Å². The van der Waals surface area contributed by atoms with Crippen LogP contribution in [0.2, 0.25) is 0 Å². The molecule has 0 radical (unpaired) electrons. The predicted molar refractivity (Wildman–Crippen MR) is 68.3 cm³/mol. The number of ether oxygens (including phenoxy) is 1. The molecule has 16 heavy (non-hydrogen) atoms. The lowest BCUT2D eigenvalue weighted by Gasteiger charge is -2.11. The Bertz CT molecular complexity index is 209. The molecule has 0 saturated heterocycles. The van der Waals surface area contributed by atoms with Crippen LogP contribution in [0.3, 0.4) is 0 Å². The van der Waals surface area contributed by atoms with Crippen LogP contribution in [0, 0.1) is 5.92 Å². The van der Waals surface area contributed by atoms with Crippen LogP contribution in [0.5, 0.6) is 0 Å². The maximum Gasteiger partial charge on any atom is 0.333 e. The minimum Gasteiger partial charge on any atom is -0.462 e. The topological polar surface area (TPSA) is 26.3 Å². The quantitative estimate of drug-likeness (QED) is 0.336. The first kappa shape index (κ1) is 15.2. The second-order valence-electron chi connectivity index (χ2n) is 4.69. The number of carbonyl (C=O) groups excluding carboxylic acids is 1. The van der Waals surface area contributed by atoms with E-state index in [1.807, 2.05) is 0 Å². The third-order valence-electron chi connectivity index (χ3n) is 2.65. The lowest BCUT2D eigenvalue weighted by atomic mass is 10.0. The highest BCUT2D eigenvalue weighted by molar-refractivity contribution is 5.86. The number of esters is 1. The fourth-order valence-electron chi connectivity index (χ4n) is 1.52. The molecule has 0 bridgehead atoms. The number of hydrogen-bond acceptors (Lipinski definition) is 2. The van der Waals surface area contributed by atoms with Crippen molar-refractivity contribution in [3.63, 3.8) is 0 Å². The molecule has 94 valence electrons. The van der Waals surface area contributed by atoms with E-state index < -0.39 is 0 Å². The van der Waals surface area contributed by atoms with Gasteiger partial charge in [-0.05, 0) is 19.3 Å². The Labute approximate surface area is 100 Å². The molecule has 0 aliphatic heterocycles. The number of carbonyl (C=O) groups is 1. The van der Waals surface area contributed by atoms with Crippen molar-refractivity contribution >= 4 is 5.97 Å². The monoisotopic (exact) mass is 226 g/mol. The average molecular weight is 226 g/mol. The highest BCUT2D eigenvalue weighted by Crippen LogP contribution is 2.12. The van der Waals surface area contributed by atoms with E-state index in [0.717, 1.165) is 6.42 Å². The molecule has 0 saturated carbocycles. The van der Waals surface area contributed by atoms with Crippen LogP contribution in [0.4, 0.5) is 0 Å². The van der Waals surface area contributed by atoms with E-state index in [0.29, 0.717) is 18.1 Å². The van der Waals surface area contributed by atoms with E-state index in [1.165, 1.54) is 32.1 Å². The lowest BCUT2D eigenvalue weighted by molar-refractivity contribution is -0.140. The maximum atomic E-state index is 11.1. The molecule has 0 aromatic carbocycles. The molecular formula is C14H26O2. The predicted octanol–water partition coefficient (Wildman–Crippen LogP) is 4.10. The molecule has 1 unspecified atom stereocenters. The summed E-state index contributed by atoms with van der Waals surface area (Å²) >= 11 is 0. The van der Waals surface area contributed by atoms with E-state index in [2.05, 4.69) is 20.4 Å². The van der Waals surface area contributed by atoms with E-state index >= 15 is 0 Å². The standard InChI is InChI=1S/C14H26O2/c1-5-6-7-8-9-10-13(4)11-16-14(15)12(2)3/h13H,2,5-11H2,1,3-4H3. The fraction of sp³-hybridized carbons (Fsp3) is 0.786. The van der Waals surface area contributed by atoms with Crippen LogP contribution in [0.1, 0.15) is 59.3 Å². The summed E-state index contributed by atoms with van der Waals surface area (Å²) in [6.07, 6.45) is 7.63. The van der Waals surface area contributed by atoms with Crippen molar-refractivity contribution in [2.75, 3.05) is 6.61 Å². The van der Waals surface area contributed by atoms with E-state index in [1.54, 1.807) is 6.92 Å². The molecule has 0 aliphatic rings. The van der Waals surface area contributed by atoms with Crippen LogP contribution in [0.25, 0.3) is 0 Å². The van der Waals surface area contributed by atoms with Crippen molar-refractivity contribution in [1.82, 2.24) is 0 Å². The molecule has 0 heterocycles. The van der Waals surface area contributed by atoms with Crippen molar-refractivity contribution in [2.24, 2.45) is 5.92 Å². The second-order valence-corrected chi connectivity index (χ2v) is 4.69. The summed E-state index contributed by atoms with van der Waals surface area (Å²) in [5, 5.41) is 0. The van der Waals surface area contributed by atoms with Gasteiger partial charge in [0, 0.05) is 5.57 Å². The Morgan fingerprint density at radius 3 is 2.44 bits per heavy atom. The van der Waals surface area contributed by atoms with Crippen molar-refractivity contribution < 1.29 is 9.53 Å². The second kappa shape index (κ2) is 9.44. The first-order valence-electron chi connectivity index (χ1n) is 6.40. The van der Waals surface area contributed by atoms with Crippen LogP contribution >= 0.6 is 0 Å². The summed E-state index contributed by atoms with van der Waals surface area (Å²) in [5.74, 6) is 0.197. The first-order chi connectivity index (χ1) is 7.57. The molecule has 0 aromatic heterocycles. The zero-order valence-electron chi connectivity index (χ0n) is 11.1. The highest BCUT2D eigenvalue weighted by atomic mass is 16.5. The largest absolute Gasteiger partial charge is 0.462 e. The Balaban J connectivity index is 3.41. The highest BCUT2D eigenvalue weighted by Gasteiger charge is 2.07. The smallest absolute Gasteiger partial charge is 0.333 e. The van der Waals surface area contributed by atoms with Gasteiger partial charge in [-0.1, -0.05) is 52.5 Å². The Morgan fingerprint density at radius 2 is 1.88 bits per heavy atom. The van der Waals surface area contributed by atoms with Gasteiger partial charge in [0.15, 0.2) is 0 Å². The molecule has 0 aliphatic carbocycles. The summed E-state index contributed by atoms with van der Waals surface area (Å²) in [6.45, 7) is 10.1. The van der Waals surface area contributed by atoms with Gasteiger partial charge in [-0.2, -0.15) is 0 Å². The molecule has 1 atom stereocenters. The third kappa shape index (κ3) is 8.51. The summed E-state index contributed by atoms with van der Waals surface area (Å²) in [7, 11) is 0. The number of unbranched alkanes of at least 4 members (excludes halogenated alkanes) is 4. The van der Waals surface area contributed by atoms with Crippen molar-refractivity contribution in [3.8, 4) is 0 Å². The zero-order valence-corrected chi connectivity index (χ0v) is 11.1. The molecule has 0 N–H and O–H groups in total. The lowest BCUT2D eigenvalue weighted by Crippen LogP contribution is -2.12. The van der Waals surface area contributed by atoms with Crippen LogP contribution in [-0.4, -0.2) is 12.6 Å². The normalized spacial score (nSPS) is 12.2. The molecule has 0 spiro atoms. The SMILES string of the molecule is C=C(C)C(=O)OCC(C)CCCCCCC. The summed E-state index contributed by atoms with van der Waals surface area (Å²) in [6, 6.07) is 0. The summed E-state index contributed by atoms with van der Waals surface area (Å²) < 4.78 is 5.10. The first-order valence-corrected chi connectivity index (χ1v) is 6.40. The maximum absolute atomic E-state index is 11.1. The van der Waals surface area contributed by atoms with Gasteiger partial charge in [0.05, 0.1) is 6.61 Å². The van der Waals surface area contributed by atoms with Crippen LogP contribution in [0.15, 0.2) is 12.2 Å². The van der Waals surface area contributed by atoms with Gasteiger partial charge in [0.1, 0.15) is 0 Å². The Morgan fingerprint density at radius 1 is 1.25 bits per heavy atom. The van der Waals surface area contributed by atoms with E-state index in [-0.39, 0.29) is 5.97 Å². The van der Waals surface area contributed by atoms with Crippen molar-refractivity contribution in [1.29, 1.82) is 0 Å². The van der Waals surface area contributed by atoms with Crippen LogP contribution < -0.4 is 0 Å². The minimum absolute atomic E-state index is 0.266. The number of hydrogen-bond donors (Lipinski definition) is 0. The third-order valence-corrected chi connectivity index (χ3v) is 2.65. The molecular weight excluding hydrogens is 200 g/mol. The van der Waals surface area contributed by atoms with Crippen LogP contribution in [-0.2, 0) is 9.53 Å². The molecule has 2 heteroatoms.